The first-order chi connectivity index (χ1) is 8.68. The zero-order valence-electron chi connectivity index (χ0n) is 10.8. The maximum Gasteiger partial charge on any atom is 0.480 e. The van der Waals surface area contributed by atoms with Crippen molar-refractivity contribution in [2.24, 2.45) is 0 Å². The van der Waals surface area contributed by atoms with E-state index >= 15 is 0 Å². The number of hydrogen-bond donors (Lipinski definition) is 2. The zero-order valence-corrected chi connectivity index (χ0v) is 10.8. The lowest BCUT2D eigenvalue weighted by atomic mass is 9.91. The number of unbranched alkanes of at least 4 members (excludes halogenated alkanes) is 1. The zero-order chi connectivity index (χ0) is 13.2. The lowest BCUT2D eigenvalue weighted by Gasteiger charge is -2.12. The predicted octanol–water partition coefficient (Wildman–Crippen LogP) is 2.33. The van der Waals surface area contributed by atoms with Gasteiger partial charge in [-0.3, -0.25) is 0 Å². The van der Waals surface area contributed by atoms with Crippen LogP contribution in [0.5, 0.6) is 0 Å². The van der Waals surface area contributed by atoms with E-state index in [4.69, 9.17) is 14.8 Å². The minimum atomic E-state index is -1.34. The molecule has 1 aromatic carbocycles. The summed E-state index contributed by atoms with van der Waals surface area (Å²) in [6.07, 6.45) is 4.81. The summed E-state index contributed by atoms with van der Waals surface area (Å²) >= 11 is 0. The van der Waals surface area contributed by atoms with E-state index in [0.717, 1.165) is 19.3 Å². The van der Waals surface area contributed by atoms with Crippen LogP contribution in [0.4, 0.5) is 0 Å². The molecule has 0 spiro atoms. The van der Waals surface area contributed by atoms with E-state index in [0.29, 0.717) is 6.61 Å². The SMILES string of the molecule is C[C@@H](CCC/C=C/B(O)O)OCc1ccccc1. The van der Waals surface area contributed by atoms with Crippen LogP contribution in [0.1, 0.15) is 31.7 Å². The Morgan fingerprint density at radius 2 is 2.00 bits per heavy atom. The predicted molar refractivity (Wildman–Crippen MR) is 73.9 cm³/mol. The van der Waals surface area contributed by atoms with E-state index in [-0.39, 0.29) is 6.10 Å². The first kappa shape index (κ1) is 15.0. The standard InChI is InChI=1S/C14H21BO3/c1-13(8-4-3-7-11-15(16)17)18-12-14-9-5-2-6-10-14/h2,5-7,9-11,13,16-17H,3-4,8,12H2,1H3/b11-7+/t13-/m0/s1. The highest BCUT2D eigenvalue weighted by atomic mass is 16.5. The minimum absolute atomic E-state index is 0.220. The highest BCUT2D eigenvalue weighted by Crippen LogP contribution is 2.08. The van der Waals surface area contributed by atoms with Crippen LogP contribution in [0, 0.1) is 0 Å². The van der Waals surface area contributed by atoms with Gasteiger partial charge in [-0.2, -0.15) is 0 Å². The van der Waals surface area contributed by atoms with Crippen molar-refractivity contribution in [3.05, 3.63) is 47.9 Å². The van der Waals surface area contributed by atoms with E-state index in [1.165, 1.54) is 11.5 Å². The molecule has 2 N–H and O–H groups in total. The molecule has 98 valence electrons. The molecule has 0 saturated heterocycles. The third kappa shape index (κ3) is 7.27. The normalized spacial score (nSPS) is 12.8. The fraction of sp³-hybridized carbons (Fsp3) is 0.429. The molecule has 0 amide bonds. The Bertz CT molecular complexity index is 338. The van der Waals surface area contributed by atoms with Gasteiger partial charge in [0.15, 0.2) is 0 Å². The molecule has 0 fully saturated rings. The summed E-state index contributed by atoms with van der Waals surface area (Å²) in [5.41, 5.74) is 1.19. The van der Waals surface area contributed by atoms with Crippen LogP contribution in [-0.4, -0.2) is 23.3 Å². The van der Waals surface area contributed by atoms with Crippen LogP contribution >= 0.6 is 0 Å². The summed E-state index contributed by atoms with van der Waals surface area (Å²) in [7, 11) is -1.34. The molecule has 1 atom stereocenters. The maximum absolute atomic E-state index is 8.62. The summed E-state index contributed by atoms with van der Waals surface area (Å²) in [6, 6.07) is 10.1. The van der Waals surface area contributed by atoms with Gasteiger partial charge in [0.2, 0.25) is 0 Å². The molecule has 0 heterocycles. The van der Waals surface area contributed by atoms with E-state index in [2.05, 4.69) is 19.1 Å². The quantitative estimate of drug-likeness (QED) is 0.548. The lowest BCUT2D eigenvalue weighted by Crippen LogP contribution is -2.08. The summed E-state index contributed by atoms with van der Waals surface area (Å²) in [4.78, 5) is 0. The number of benzene rings is 1. The molecular formula is C14H21BO3. The van der Waals surface area contributed by atoms with Gasteiger partial charge in [0.25, 0.3) is 0 Å². The Kier molecular flexibility index (Phi) is 7.41. The Morgan fingerprint density at radius 3 is 2.67 bits per heavy atom. The van der Waals surface area contributed by atoms with Crippen molar-refractivity contribution in [2.75, 3.05) is 0 Å². The molecule has 1 aromatic rings. The molecule has 1 rings (SSSR count). The van der Waals surface area contributed by atoms with Crippen molar-refractivity contribution < 1.29 is 14.8 Å². The second kappa shape index (κ2) is 8.92. The van der Waals surface area contributed by atoms with Gasteiger partial charge in [-0.25, -0.2) is 0 Å². The van der Waals surface area contributed by atoms with Gasteiger partial charge in [0.05, 0.1) is 12.7 Å². The van der Waals surface area contributed by atoms with E-state index in [1.54, 1.807) is 6.08 Å². The first-order valence-corrected chi connectivity index (χ1v) is 6.37. The second-order valence-corrected chi connectivity index (χ2v) is 4.38. The van der Waals surface area contributed by atoms with Crippen LogP contribution in [0.25, 0.3) is 0 Å². The number of rotatable bonds is 8. The fourth-order valence-corrected chi connectivity index (χ4v) is 1.64. The minimum Gasteiger partial charge on any atom is -0.424 e. The van der Waals surface area contributed by atoms with E-state index in [1.807, 2.05) is 18.2 Å². The molecule has 3 nitrogen and oxygen atoms in total. The molecule has 18 heavy (non-hydrogen) atoms. The van der Waals surface area contributed by atoms with Crippen LogP contribution < -0.4 is 0 Å². The molecule has 0 radical (unpaired) electrons. The Morgan fingerprint density at radius 1 is 1.28 bits per heavy atom. The Hall–Kier alpha value is -1.10. The third-order valence-corrected chi connectivity index (χ3v) is 2.67. The summed E-state index contributed by atoms with van der Waals surface area (Å²) in [5.74, 6) is 1.38. The second-order valence-electron chi connectivity index (χ2n) is 4.38. The fourth-order valence-electron chi connectivity index (χ4n) is 1.64. The Balaban J connectivity index is 2.09. The first-order valence-electron chi connectivity index (χ1n) is 6.37. The van der Waals surface area contributed by atoms with Crippen LogP contribution in [-0.2, 0) is 11.3 Å². The van der Waals surface area contributed by atoms with Gasteiger partial charge in [-0.15, -0.1) is 0 Å². The molecule has 0 aromatic heterocycles. The van der Waals surface area contributed by atoms with Gasteiger partial charge in [0, 0.05) is 0 Å². The Labute approximate surface area is 109 Å². The van der Waals surface area contributed by atoms with Crippen molar-refractivity contribution in [3.63, 3.8) is 0 Å². The summed E-state index contributed by atoms with van der Waals surface area (Å²) < 4.78 is 5.73. The lowest BCUT2D eigenvalue weighted by molar-refractivity contribution is 0.0465. The maximum atomic E-state index is 8.62. The summed E-state index contributed by atoms with van der Waals surface area (Å²) in [6.45, 7) is 2.71. The van der Waals surface area contributed by atoms with Gasteiger partial charge in [-0.05, 0) is 31.7 Å². The van der Waals surface area contributed by atoms with E-state index in [9.17, 15) is 0 Å². The number of ether oxygens (including phenoxy) is 1. The van der Waals surface area contributed by atoms with Gasteiger partial charge in [-0.1, -0.05) is 42.4 Å². The summed E-state index contributed by atoms with van der Waals surface area (Å²) in [5, 5.41) is 17.2. The van der Waals surface area contributed by atoms with Crippen LogP contribution in [0.2, 0.25) is 0 Å². The topological polar surface area (TPSA) is 49.7 Å². The average Bonchev–Trinajstić information content (AvgIpc) is 2.37. The van der Waals surface area contributed by atoms with Crippen molar-refractivity contribution >= 4 is 7.12 Å². The average molecular weight is 248 g/mol. The van der Waals surface area contributed by atoms with Gasteiger partial charge >= 0.3 is 7.12 Å². The molecule has 0 aliphatic rings. The van der Waals surface area contributed by atoms with Crippen LogP contribution in [0.3, 0.4) is 0 Å². The highest BCUT2D eigenvalue weighted by Gasteiger charge is 2.02. The number of hydrogen-bond acceptors (Lipinski definition) is 3. The molecule has 0 aliphatic heterocycles. The molecule has 0 saturated carbocycles. The molecular weight excluding hydrogens is 227 g/mol. The molecule has 0 aliphatic carbocycles. The van der Waals surface area contributed by atoms with Crippen molar-refractivity contribution in [1.82, 2.24) is 0 Å². The van der Waals surface area contributed by atoms with Crippen molar-refractivity contribution in [1.29, 1.82) is 0 Å². The number of allylic oxidation sites excluding steroid dienone is 1. The van der Waals surface area contributed by atoms with Crippen molar-refractivity contribution in [3.8, 4) is 0 Å². The largest absolute Gasteiger partial charge is 0.480 e. The third-order valence-electron chi connectivity index (χ3n) is 2.67. The van der Waals surface area contributed by atoms with Crippen molar-refractivity contribution in [2.45, 2.75) is 38.9 Å². The molecule has 4 heteroatoms. The monoisotopic (exact) mass is 248 g/mol. The van der Waals surface area contributed by atoms with E-state index < -0.39 is 7.12 Å². The molecule has 0 bridgehead atoms. The molecule has 0 unspecified atom stereocenters. The van der Waals surface area contributed by atoms with Gasteiger partial charge in [0.1, 0.15) is 0 Å². The highest BCUT2D eigenvalue weighted by molar-refractivity contribution is 6.47. The van der Waals surface area contributed by atoms with Gasteiger partial charge < -0.3 is 14.8 Å². The smallest absolute Gasteiger partial charge is 0.424 e. The van der Waals surface area contributed by atoms with Crippen LogP contribution in [0.15, 0.2) is 42.4 Å².